The summed E-state index contributed by atoms with van der Waals surface area (Å²) in [6.45, 7) is 1.82. The second-order valence-electron chi connectivity index (χ2n) is 6.16. The Hall–Kier alpha value is -2.38. The molecule has 0 heterocycles. The highest BCUT2D eigenvalue weighted by Gasteiger charge is 2.18. The normalized spacial score (nSPS) is 11.4. The molecule has 0 atom stereocenters. The lowest BCUT2D eigenvalue weighted by atomic mass is 10.1. The van der Waals surface area contributed by atoms with Crippen LogP contribution in [-0.4, -0.2) is 39.8 Å². The third-order valence-corrected chi connectivity index (χ3v) is 5.87. The molecule has 6 nitrogen and oxygen atoms in total. The molecule has 0 saturated heterocycles. The summed E-state index contributed by atoms with van der Waals surface area (Å²) in [5.41, 5.74) is 2.34. The van der Waals surface area contributed by atoms with Gasteiger partial charge in [0.1, 0.15) is 5.75 Å². The highest BCUT2D eigenvalue weighted by Crippen LogP contribution is 2.22. The standard InChI is InChI=1S/C19H24N2O4S/c1-14-5-11-17(26(23,24)21(2)3)13-18(14)20-19(22)12-8-15-6-9-16(25-4)10-7-15/h5-7,9-11,13H,8,12H2,1-4H3,(H,20,22). The maximum absolute atomic E-state index is 12.3. The van der Waals surface area contributed by atoms with E-state index in [1.807, 2.05) is 31.2 Å². The molecule has 2 aromatic carbocycles. The van der Waals surface area contributed by atoms with Crippen LogP contribution in [0.5, 0.6) is 5.75 Å². The third-order valence-electron chi connectivity index (χ3n) is 4.06. The minimum absolute atomic E-state index is 0.151. The number of carbonyl (C=O) groups excluding carboxylic acids is 1. The molecule has 0 bridgehead atoms. The predicted octanol–water partition coefficient (Wildman–Crippen LogP) is 2.83. The molecule has 0 radical (unpaired) electrons. The smallest absolute Gasteiger partial charge is 0.242 e. The van der Waals surface area contributed by atoms with Gasteiger partial charge in [-0.2, -0.15) is 0 Å². The fourth-order valence-corrected chi connectivity index (χ4v) is 3.30. The average Bonchev–Trinajstić information content (AvgIpc) is 2.62. The summed E-state index contributed by atoms with van der Waals surface area (Å²) in [6.07, 6.45) is 0.890. The SMILES string of the molecule is COc1ccc(CCC(=O)Nc2cc(S(=O)(=O)N(C)C)ccc2C)cc1. The zero-order chi connectivity index (χ0) is 19.3. The van der Waals surface area contributed by atoms with Gasteiger partial charge in [-0.1, -0.05) is 18.2 Å². The number of hydrogen-bond acceptors (Lipinski definition) is 4. The first-order valence-electron chi connectivity index (χ1n) is 8.20. The van der Waals surface area contributed by atoms with Gasteiger partial charge in [0, 0.05) is 26.2 Å². The number of aryl methyl sites for hydroxylation is 2. The summed E-state index contributed by atoms with van der Waals surface area (Å²) in [5, 5.41) is 2.81. The Balaban J connectivity index is 2.06. The highest BCUT2D eigenvalue weighted by atomic mass is 32.2. The van der Waals surface area contributed by atoms with Crippen molar-refractivity contribution in [1.29, 1.82) is 0 Å². The summed E-state index contributed by atoms with van der Waals surface area (Å²) >= 11 is 0. The summed E-state index contributed by atoms with van der Waals surface area (Å²) < 4.78 is 30.8. The van der Waals surface area contributed by atoms with Crippen LogP contribution in [0.15, 0.2) is 47.4 Å². The molecule has 0 aliphatic rings. The van der Waals surface area contributed by atoms with Gasteiger partial charge >= 0.3 is 0 Å². The number of carbonyl (C=O) groups is 1. The molecule has 0 fully saturated rings. The lowest BCUT2D eigenvalue weighted by Gasteiger charge is -2.14. The minimum atomic E-state index is -3.54. The zero-order valence-electron chi connectivity index (χ0n) is 15.4. The zero-order valence-corrected chi connectivity index (χ0v) is 16.3. The first-order chi connectivity index (χ1) is 12.2. The molecule has 1 N–H and O–H groups in total. The molecular weight excluding hydrogens is 352 g/mol. The fraction of sp³-hybridized carbons (Fsp3) is 0.316. The van der Waals surface area contributed by atoms with Crippen LogP contribution in [0.1, 0.15) is 17.5 Å². The van der Waals surface area contributed by atoms with Crippen molar-refractivity contribution in [3.8, 4) is 5.75 Å². The predicted molar refractivity (Wildman–Crippen MR) is 102 cm³/mol. The van der Waals surface area contributed by atoms with Crippen molar-refractivity contribution in [2.24, 2.45) is 0 Å². The minimum Gasteiger partial charge on any atom is -0.497 e. The Morgan fingerprint density at radius 1 is 1.12 bits per heavy atom. The van der Waals surface area contributed by atoms with Gasteiger partial charge in [-0.05, 0) is 48.7 Å². The summed E-state index contributed by atoms with van der Waals surface area (Å²) in [6, 6.07) is 12.3. The van der Waals surface area contributed by atoms with Crippen LogP contribution in [0.2, 0.25) is 0 Å². The van der Waals surface area contributed by atoms with Crippen LogP contribution >= 0.6 is 0 Å². The Kier molecular flexibility index (Phi) is 6.39. The van der Waals surface area contributed by atoms with E-state index in [-0.39, 0.29) is 10.8 Å². The Bertz CT molecular complexity index is 875. The maximum atomic E-state index is 12.3. The number of amides is 1. The lowest BCUT2D eigenvalue weighted by Crippen LogP contribution is -2.22. The van der Waals surface area contributed by atoms with Crippen molar-refractivity contribution in [3.05, 3.63) is 53.6 Å². The molecule has 2 aromatic rings. The van der Waals surface area contributed by atoms with Crippen LogP contribution in [-0.2, 0) is 21.2 Å². The first-order valence-corrected chi connectivity index (χ1v) is 9.64. The van der Waals surface area contributed by atoms with Gasteiger partial charge < -0.3 is 10.1 Å². The molecule has 7 heteroatoms. The van der Waals surface area contributed by atoms with E-state index in [9.17, 15) is 13.2 Å². The van der Waals surface area contributed by atoms with E-state index in [4.69, 9.17) is 4.74 Å². The molecule has 26 heavy (non-hydrogen) atoms. The summed E-state index contributed by atoms with van der Waals surface area (Å²) in [7, 11) is 1.01. The second kappa shape index (κ2) is 8.33. The number of ether oxygens (including phenoxy) is 1. The van der Waals surface area contributed by atoms with Crippen molar-refractivity contribution in [3.63, 3.8) is 0 Å². The lowest BCUT2D eigenvalue weighted by molar-refractivity contribution is -0.116. The number of benzene rings is 2. The van der Waals surface area contributed by atoms with Crippen molar-refractivity contribution in [2.45, 2.75) is 24.7 Å². The van der Waals surface area contributed by atoms with Crippen LogP contribution in [0.4, 0.5) is 5.69 Å². The topological polar surface area (TPSA) is 75.7 Å². The van der Waals surface area contributed by atoms with Gasteiger partial charge in [-0.25, -0.2) is 12.7 Å². The molecule has 0 aliphatic heterocycles. The number of sulfonamides is 1. The van der Waals surface area contributed by atoms with Gasteiger partial charge in [0.15, 0.2) is 0 Å². The van der Waals surface area contributed by atoms with Crippen LogP contribution in [0.3, 0.4) is 0 Å². The largest absolute Gasteiger partial charge is 0.497 e. The molecule has 0 saturated carbocycles. The van der Waals surface area contributed by atoms with E-state index in [0.29, 0.717) is 18.5 Å². The van der Waals surface area contributed by atoms with E-state index in [2.05, 4.69) is 5.32 Å². The average molecular weight is 376 g/mol. The molecule has 1 amide bonds. The third kappa shape index (κ3) is 4.83. The van der Waals surface area contributed by atoms with Crippen molar-refractivity contribution in [2.75, 3.05) is 26.5 Å². The first kappa shape index (κ1) is 19.9. The van der Waals surface area contributed by atoms with Crippen LogP contribution in [0.25, 0.3) is 0 Å². The number of nitrogens with zero attached hydrogens (tertiary/aromatic N) is 1. The monoisotopic (exact) mass is 376 g/mol. The molecule has 0 aromatic heterocycles. The van der Waals surface area contributed by atoms with E-state index in [0.717, 1.165) is 21.2 Å². The summed E-state index contributed by atoms with van der Waals surface area (Å²) in [4.78, 5) is 12.4. The van der Waals surface area contributed by atoms with Gasteiger partial charge in [0.25, 0.3) is 0 Å². The second-order valence-corrected chi connectivity index (χ2v) is 8.31. The summed E-state index contributed by atoms with van der Waals surface area (Å²) in [5.74, 6) is 0.607. The van der Waals surface area contributed by atoms with Gasteiger partial charge in [0.05, 0.1) is 12.0 Å². The molecule has 140 valence electrons. The van der Waals surface area contributed by atoms with E-state index in [1.165, 1.54) is 26.2 Å². The van der Waals surface area contributed by atoms with Gasteiger partial charge in [-0.3, -0.25) is 4.79 Å². The molecule has 2 rings (SSSR count). The molecular formula is C19H24N2O4S. The van der Waals surface area contributed by atoms with E-state index in [1.54, 1.807) is 13.2 Å². The fourth-order valence-electron chi connectivity index (χ4n) is 2.37. The van der Waals surface area contributed by atoms with E-state index >= 15 is 0 Å². The Labute approximate surface area is 154 Å². The number of nitrogens with one attached hydrogen (secondary N) is 1. The number of methoxy groups -OCH3 is 1. The maximum Gasteiger partial charge on any atom is 0.242 e. The highest BCUT2D eigenvalue weighted by molar-refractivity contribution is 7.89. The molecule has 0 unspecified atom stereocenters. The molecule has 0 spiro atoms. The van der Waals surface area contributed by atoms with Crippen LogP contribution < -0.4 is 10.1 Å². The van der Waals surface area contributed by atoms with Gasteiger partial charge in [0.2, 0.25) is 15.9 Å². The quantitative estimate of drug-likeness (QED) is 0.806. The van der Waals surface area contributed by atoms with Crippen LogP contribution in [0, 0.1) is 6.92 Å². The number of anilines is 1. The Morgan fingerprint density at radius 3 is 2.35 bits per heavy atom. The number of rotatable bonds is 7. The van der Waals surface area contributed by atoms with Crippen molar-refractivity contribution in [1.82, 2.24) is 4.31 Å². The molecule has 0 aliphatic carbocycles. The number of hydrogen-bond donors (Lipinski definition) is 1. The van der Waals surface area contributed by atoms with Crippen molar-refractivity contribution < 1.29 is 17.9 Å². The van der Waals surface area contributed by atoms with E-state index < -0.39 is 10.0 Å². The van der Waals surface area contributed by atoms with Gasteiger partial charge in [-0.15, -0.1) is 0 Å². The van der Waals surface area contributed by atoms with Crippen molar-refractivity contribution >= 4 is 21.6 Å². The Morgan fingerprint density at radius 2 is 1.77 bits per heavy atom.